The second-order valence-electron chi connectivity index (χ2n) is 5.49. The van der Waals surface area contributed by atoms with Crippen LogP contribution in [0.15, 0.2) is 30.3 Å². The van der Waals surface area contributed by atoms with Crippen LogP contribution in [0.3, 0.4) is 0 Å². The zero-order valence-corrected chi connectivity index (χ0v) is 13.2. The fraction of sp³-hybridized carbons (Fsp3) is 0.353. The Hall–Kier alpha value is -1.65. The minimum Gasteiger partial charge on any atom is -0.326 e. The third-order valence-electron chi connectivity index (χ3n) is 3.92. The van der Waals surface area contributed by atoms with Crippen LogP contribution in [-0.2, 0) is 11.2 Å². The number of thiophene rings is 1. The number of fused-ring (bicyclic) bond motifs is 1. The van der Waals surface area contributed by atoms with Crippen molar-refractivity contribution in [1.29, 1.82) is 0 Å². The second kappa shape index (κ2) is 6.00. The molecule has 3 nitrogen and oxygen atoms in total. The first kappa shape index (κ1) is 14.3. The Morgan fingerprint density at radius 1 is 1.24 bits per heavy atom. The Morgan fingerprint density at radius 3 is 2.81 bits per heavy atom. The van der Waals surface area contributed by atoms with E-state index >= 15 is 0 Å². The van der Waals surface area contributed by atoms with Crippen LogP contribution in [0.2, 0.25) is 0 Å². The first-order valence-electron chi connectivity index (χ1n) is 7.33. The van der Waals surface area contributed by atoms with Crippen molar-refractivity contribution in [3.05, 3.63) is 51.2 Å². The highest BCUT2D eigenvalue weighted by Gasteiger charge is 2.18. The lowest BCUT2D eigenvalue weighted by Crippen LogP contribution is -2.17. The molecule has 0 saturated carbocycles. The molecule has 0 fully saturated rings. The Balaban J connectivity index is 1.95. The number of benzene rings is 1. The van der Waals surface area contributed by atoms with Gasteiger partial charge in [0.1, 0.15) is 0 Å². The van der Waals surface area contributed by atoms with Crippen molar-refractivity contribution < 1.29 is 4.79 Å². The van der Waals surface area contributed by atoms with Crippen molar-refractivity contribution in [2.24, 2.45) is 0 Å². The van der Waals surface area contributed by atoms with Gasteiger partial charge in [-0.25, -0.2) is 0 Å². The van der Waals surface area contributed by atoms with Gasteiger partial charge in [0.2, 0.25) is 5.91 Å². The minimum absolute atomic E-state index is 0.126. The van der Waals surface area contributed by atoms with Gasteiger partial charge in [-0.05, 0) is 56.1 Å². The van der Waals surface area contributed by atoms with E-state index in [1.165, 1.54) is 20.9 Å². The zero-order chi connectivity index (χ0) is 14.8. The molecule has 2 aromatic rings. The maximum Gasteiger partial charge on any atom is 0.224 e. The van der Waals surface area contributed by atoms with Crippen LogP contribution in [0.1, 0.15) is 39.8 Å². The molecule has 0 aliphatic carbocycles. The molecule has 0 radical (unpaired) electrons. The fourth-order valence-corrected chi connectivity index (χ4v) is 3.87. The van der Waals surface area contributed by atoms with E-state index < -0.39 is 0 Å². The van der Waals surface area contributed by atoms with Crippen molar-refractivity contribution in [3.8, 4) is 0 Å². The van der Waals surface area contributed by atoms with Gasteiger partial charge in [0, 0.05) is 21.9 Å². The maximum atomic E-state index is 11.6. The summed E-state index contributed by atoms with van der Waals surface area (Å²) in [6.45, 7) is 2.13. The van der Waals surface area contributed by atoms with Crippen LogP contribution in [0, 0.1) is 6.92 Å². The highest BCUT2D eigenvalue weighted by molar-refractivity contribution is 7.12. The third-order valence-corrected chi connectivity index (χ3v) is 4.99. The molecule has 0 bridgehead atoms. The highest BCUT2D eigenvalue weighted by Crippen LogP contribution is 2.31. The summed E-state index contributed by atoms with van der Waals surface area (Å²) in [7, 11) is 1.99. The van der Waals surface area contributed by atoms with Crippen molar-refractivity contribution in [3.63, 3.8) is 0 Å². The molecular weight excluding hydrogens is 280 g/mol. The van der Waals surface area contributed by atoms with E-state index in [2.05, 4.69) is 41.8 Å². The lowest BCUT2D eigenvalue weighted by atomic mass is 9.99. The van der Waals surface area contributed by atoms with Gasteiger partial charge >= 0.3 is 0 Å². The number of carbonyl (C=O) groups is 1. The number of carbonyl (C=O) groups excluding carboxylic acids is 1. The van der Waals surface area contributed by atoms with Gasteiger partial charge in [-0.15, -0.1) is 11.3 Å². The monoisotopic (exact) mass is 300 g/mol. The molecule has 1 aromatic carbocycles. The van der Waals surface area contributed by atoms with Gasteiger partial charge in [0.15, 0.2) is 0 Å². The van der Waals surface area contributed by atoms with Gasteiger partial charge < -0.3 is 10.6 Å². The van der Waals surface area contributed by atoms with Crippen molar-refractivity contribution in [2.45, 2.75) is 32.2 Å². The number of anilines is 1. The standard InChI is InChI=1S/C17H20N2OS/c1-11-6-9-15(21-11)17(18-2)13-7-8-14-12(10-13)4-3-5-16(20)19-14/h6-10,17-18H,3-5H2,1-2H3,(H,19,20). The highest BCUT2D eigenvalue weighted by atomic mass is 32.1. The number of aryl methyl sites for hydroxylation is 2. The van der Waals surface area contributed by atoms with Crippen molar-refractivity contribution in [1.82, 2.24) is 5.32 Å². The van der Waals surface area contributed by atoms with Crippen LogP contribution in [0.4, 0.5) is 5.69 Å². The normalized spacial score (nSPS) is 16.0. The van der Waals surface area contributed by atoms with Gasteiger partial charge in [-0.3, -0.25) is 4.79 Å². The van der Waals surface area contributed by atoms with Crippen LogP contribution >= 0.6 is 11.3 Å². The molecule has 4 heteroatoms. The molecule has 2 heterocycles. The quantitative estimate of drug-likeness (QED) is 0.908. The van der Waals surface area contributed by atoms with Crippen LogP contribution in [0.25, 0.3) is 0 Å². The van der Waals surface area contributed by atoms with Gasteiger partial charge in [0.25, 0.3) is 0 Å². The van der Waals surface area contributed by atoms with E-state index in [9.17, 15) is 4.79 Å². The van der Waals surface area contributed by atoms with E-state index in [0.29, 0.717) is 6.42 Å². The zero-order valence-electron chi connectivity index (χ0n) is 12.4. The smallest absolute Gasteiger partial charge is 0.224 e. The van der Waals surface area contributed by atoms with Gasteiger partial charge in [0.05, 0.1) is 6.04 Å². The Morgan fingerprint density at radius 2 is 2.10 bits per heavy atom. The fourth-order valence-electron chi connectivity index (χ4n) is 2.86. The molecule has 1 atom stereocenters. The first-order valence-corrected chi connectivity index (χ1v) is 8.15. The predicted octanol–water partition coefficient (Wildman–Crippen LogP) is 3.64. The number of hydrogen-bond acceptors (Lipinski definition) is 3. The SMILES string of the molecule is CNC(c1ccc2c(c1)CCCC(=O)N2)c1ccc(C)s1. The van der Waals surface area contributed by atoms with Crippen molar-refractivity contribution in [2.75, 3.05) is 12.4 Å². The summed E-state index contributed by atoms with van der Waals surface area (Å²) in [6, 6.07) is 11.0. The molecule has 3 rings (SSSR count). The van der Waals surface area contributed by atoms with Crippen LogP contribution < -0.4 is 10.6 Å². The molecule has 0 saturated heterocycles. The molecule has 2 N–H and O–H groups in total. The van der Waals surface area contributed by atoms with Gasteiger partial charge in [-0.2, -0.15) is 0 Å². The summed E-state index contributed by atoms with van der Waals surface area (Å²) in [5.74, 6) is 0.126. The van der Waals surface area contributed by atoms with Crippen molar-refractivity contribution >= 4 is 22.9 Å². The molecule has 1 aliphatic rings. The van der Waals surface area contributed by atoms with Crippen LogP contribution in [0.5, 0.6) is 0 Å². The van der Waals surface area contributed by atoms with Crippen LogP contribution in [-0.4, -0.2) is 13.0 Å². The average Bonchev–Trinajstić information content (AvgIpc) is 2.79. The second-order valence-corrected chi connectivity index (χ2v) is 6.81. The summed E-state index contributed by atoms with van der Waals surface area (Å²) in [5.41, 5.74) is 3.47. The third kappa shape index (κ3) is 3.01. The number of hydrogen-bond donors (Lipinski definition) is 2. The molecule has 1 aromatic heterocycles. The molecule has 21 heavy (non-hydrogen) atoms. The van der Waals surface area contributed by atoms with E-state index in [1.807, 2.05) is 24.5 Å². The first-order chi connectivity index (χ1) is 10.2. The Kier molecular flexibility index (Phi) is 4.08. The molecule has 1 aliphatic heterocycles. The molecular formula is C17H20N2OS. The topological polar surface area (TPSA) is 41.1 Å². The molecule has 110 valence electrons. The molecule has 0 spiro atoms. The number of nitrogens with one attached hydrogen (secondary N) is 2. The average molecular weight is 300 g/mol. The van der Waals surface area contributed by atoms with E-state index in [-0.39, 0.29) is 11.9 Å². The summed E-state index contributed by atoms with van der Waals surface area (Å²) in [6.07, 6.45) is 2.50. The number of amides is 1. The van der Waals surface area contributed by atoms with E-state index in [1.54, 1.807) is 0 Å². The molecule has 1 unspecified atom stereocenters. The Labute approximate surface area is 129 Å². The predicted molar refractivity (Wildman–Crippen MR) is 88.0 cm³/mol. The summed E-state index contributed by atoms with van der Waals surface area (Å²) >= 11 is 1.82. The molecule has 1 amide bonds. The summed E-state index contributed by atoms with van der Waals surface area (Å²) < 4.78 is 0. The maximum absolute atomic E-state index is 11.6. The van der Waals surface area contributed by atoms with Gasteiger partial charge in [-0.1, -0.05) is 12.1 Å². The summed E-state index contributed by atoms with van der Waals surface area (Å²) in [5, 5.41) is 6.40. The summed E-state index contributed by atoms with van der Waals surface area (Å²) in [4.78, 5) is 14.3. The lowest BCUT2D eigenvalue weighted by molar-refractivity contribution is -0.116. The Bertz CT molecular complexity index is 663. The largest absolute Gasteiger partial charge is 0.326 e. The number of rotatable bonds is 3. The van der Waals surface area contributed by atoms with E-state index in [4.69, 9.17) is 0 Å². The van der Waals surface area contributed by atoms with E-state index in [0.717, 1.165) is 18.5 Å². The lowest BCUT2D eigenvalue weighted by Gasteiger charge is -2.17. The minimum atomic E-state index is 0.126.